The lowest BCUT2D eigenvalue weighted by molar-refractivity contribution is -0.385. The van der Waals surface area contributed by atoms with Gasteiger partial charge in [0.05, 0.1) is 11.3 Å². The third-order valence-corrected chi connectivity index (χ3v) is 1.81. The summed E-state index contributed by atoms with van der Waals surface area (Å²) in [6, 6.07) is 6.40. The molecule has 5 heteroatoms. The molecule has 5 nitrogen and oxygen atoms in total. The SMILES string of the molecule is CC(Cc1ccccc1[N+](=O)[O-])=[N+]=[N-]. The summed E-state index contributed by atoms with van der Waals surface area (Å²) < 4.78 is 0. The number of benzene rings is 1. The first-order valence-electron chi connectivity index (χ1n) is 4.05. The van der Waals surface area contributed by atoms with Crippen LogP contribution < -0.4 is 0 Å². The number of para-hydroxylation sites is 1. The molecule has 1 rings (SSSR count). The summed E-state index contributed by atoms with van der Waals surface area (Å²) in [5.41, 5.74) is 9.49. The topological polar surface area (TPSA) is 79.5 Å². The predicted molar refractivity (Wildman–Crippen MR) is 51.1 cm³/mol. The molecule has 0 N–H and O–H groups in total. The van der Waals surface area contributed by atoms with E-state index >= 15 is 0 Å². The van der Waals surface area contributed by atoms with E-state index in [9.17, 15) is 10.1 Å². The van der Waals surface area contributed by atoms with Crippen LogP contribution in [-0.2, 0) is 6.42 Å². The van der Waals surface area contributed by atoms with Crippen LogP contribution in [-0.4, -0.2) is 15.4 Å². The molecule has 0 amide bonds. The van der Waals surface area contributed by atoms with Crippen LogP contribution in [0.15, 0.2) is 24.3 Å². The van der Waals surface area contributed by atoms with Crippen LogP contribution in [0.4, 0.5) is 5.69 Å². The molecule has 0 saturated carbocycles. The van der Waals surface area contributed by atoms with Crippen molar-refractivity contribution in [2.75, 3.05) is 0 Å². The van der Waals surface area contributed by atoms with Crippen LogP contribution in [0.25, 0.3) is 5.53 Å². The van der Waals surface area contributed by atoms with E-state index in [2.05, 4.69) is 4.79 Å². The molecule has 0 heterocycles. The summed E-state index contributed by atoms with van der Waals surface area (Å²) in [7, 11) is 0. The zero-order chi connectivity index (χ0) is 10.6. The number of rotatable bonds is 3. The molecule has 0 aliphatic heterocycles. The van der Waals surface area contributed by atoms with Gasteiger partial charge in [-0.15, -0.1) is 0 Å². The Morgan fingerprint density at radius 3 is 2.79 bits per heavy atom. The number of nitro benzene ring substituents is 1. The largest absolute Gasteiger partial charge is 0.362 e. The third kappa shape index (κ3) is 2.24. The van der Waals surface area contributed by atoms with Gasteiger partial charge in [0.15, 0.2) is 0 Å². The Kier molecular flexibility index (Phi) is 3.09. The zero-order valence-corrected chi connectivity index (χ0v) is 7.67. The van der Waals surface area contributed by atoms with E-state index in [0.29, 0.717) is 11.3 Å². The molecule has 1 aromatic carbocycles. The van der Waals surface area contributed by atoms with Gasteiger partial charge in [0.1, 0.15) is 0 Å². The molecule has 0 spiro atoms. The molecular weight excluding hydrogens is 182 g/mol. The monoisotopic (exact) mass is 191 g/mol. The quantitative estimate of drug-likeness (QED) is 0.240. The Bertz CT molecular complexity index is 408. The molecule has 0 bridgehead atoms. The average Bonchev–Trinajstić information content (AvgIpc) is 2.18. The number of hydrogen-bond acceptors (Lipinski definition) is 2. The highest BCUT2D eigenvalue weighted by Crippen LogP contribution is 2.17. The van der Waals surface area contributed by atoms with Crippen LogP contribution in [0.3, 0.4) is 0 Å². The zero-order valence-electron chi connectivity index (χ0n) is 7.67. The highest BCUT2D eigenvalue weighted by Gasteiger charge is 2.14. The summed E-state index contributed by atoms with van der Waals surface area (Å²) in [5.74, 6) is 0. The van der Waals surface area contributed by atoms with Crippen molar-refractivity contribution in [3.63, 3.8) is 0 Å². The molecule has 0 saturated heterocycles. The first-order valence-corrected chi connectivity index (χ1v) is 4.05. The second-order valence-corrected chi connectivity index (χ2v) is 2.90. The van der Waals surface area contributed by atoms with Crippen LogP contribution in [0.5, 0.6) is 0 Å². The van der Waals surface area contributed by atoms with E-state index in [1.54, 1.807) is 25.1 Å². The summed E-state index contributed by atoms with van der Waals surface area (Å²) in [4.78, 5) is 13.1. The van der Waals surface area contributed by atoms with E-state index in [1.807, 2.05) is 0 Å². The Morgan fingerprint density at radius 2 is 2.21 bits per heavy atom. The van der Waals surface area contributed by atoms with E-state index in [4.69, 9.17) is 5.53 Å². The van der Waals surface area contributed by atoms with Gasteiger partial charge in [-0.2, -0.15) is 4.79 Å². The number of nitro groups is 1. The maximum absolute atomic E-state index is 10.6. The fourth-order valence-electron chi connectivity index (χ4n) is 1.15. The summed E-state index contributed by atoms with van der Waals surface area (Å²) in [6.45, 7) is 1.61. The molecule has 0 unspecified atom stereocenters. The Balaban J connectivity index is 3.07. The van der Waals surface area contributed by atoms with E-state index in [-0.39, 0.29) is 12.1 Å². The number of hydrogen-bond donors (Lipinski definition) is 0. The van der Waals surface area contributed by atoms with Gasteiger partial charge in [0, 0.05) is 18.6 Å². The second-order valence-electron chi connectivity index (χ2n) is 2.90. The van der Waals surface area contributed by atoms with Crippen molar-refractivity contribution in [1.29, 1.82) is 0 Å². The van der Waals surface area contributed by atoms with Gasteiger partial charge >= 0.3 is 0 Å². The Labute approximate surface area is 80.8 Å². The van der Waals surface area contributed by atoms with Crippen LogP contribution >= 0.6 is 0 Å². The normalized spacial score (nSPS) is 9.21. The van der Waals surface area contributed by atoms with Crippen LogP contribution in [0.2, 0.25) is 0 Å². The predicted octanol–water partition coefficient (Wildman–Crippen LogP) is 1.83. The van der Waals surface area contributed by atoms with Crippen molar-refractivity contribution in [3.05, 3.63) is 45.5 Å². The Hall–Kier alpha value is -2.00. The highest BCUT2D eigenvalue weighted by molar-refractivity contribution is 5.79. The molecule has 0 aliphatic carbocycles. The highest BCUT2D eigenvalue weighted by atomic mass is 16.6. The van der Waals surface area contributed by atoms with Gasteiger partial charge in [0.25, 0.3) is 11.4 Å². The van der Waals surface area contributed by atoms with Gasteiger partial charge in [-0.1, -0.05) is 18.2 Å². The maximum atomic E-state index is 10.6. The van der Waals surface area contributed by atoms with Crippen LogP contribution in [0.1, 0.15) is 12.5 Å². The molecular formula is C9H9N3O2. The Morgan fingerprint density at radius 1 is 1.57 bits per heavy atom. The lowest BCUT2D eigenvalue weighted by atomic mass is 10.1. The summed E-state index contributed by atoms with van der Waals surface area (Å²) >= 11 is 0. The lowest BCUT2D eigenvalue weighted by Crippen LogP contribution is -2.02. The first-order chi connectivity index (χ1) is 6.65. The standard InChI is InChI=1S/C9H9N3O2/c1-7(11-10)6-8-4-2-3-5-9(8)12(13)14/h2-5H,6H2,1H3. The maximum Gasteiger partial charge on any atom is 0.273 e. The minimum Gasteiger partial charge on any atom is -0.362 e. The second kappa shape index (κ2) is 4.30. The summed E-state index contributed by atoms with van der Waals surface area (Å²) in [5, 5.41) is 10.6. The minimum absolute atomic E-state index is 0.0514. The van der Waals surface area contributed by atoms with Gasteiger partial charge in [-0.25, -0.2) is 0 Å². The molecule has 0 atom stereocenters. The lowest BCUT2D eigenvalue weighted by Gasteiger charge is -1.97. The molecule has 1 aromatic rings. The fourth-order valence-corrected chi connectivity index (χ4v) is 1.15. The molecule has 0 aromatic heterocycles. The van der Waals surface area contributed by atoms with Crippen molar-refractivity contribution in [1.82, 2.24) is 0 Å². The van der Waals surface area contributed by atoms with E-state index in [1.165, 1.54) is 6.07 Å². The minimum atomic E-state index is -0.444. The fraction of sp³-hybridized carbons (Fsp3) is 0.222. The van der Waals surface area contributed by atoms with Gasteiger partial charge in [0.2, 0.25) is 0 Å². The van der Waals surface area contributed by atoms with Crippen LogP contribution in [0, 0.1) is 10.1 Å². The van der Waals surface area contributed by atoms with E-state index < -0.39 is 4.92 Å². The average molecular weight is 191 g/mol. The molecule has 14 heavy (non-hydrogen) atoms. The van der Waals surface area contributed by atoms with Gasteiger partial charge in [-0.3, -0.25) is 10.1 Å². The first kappa shape index (κ1) is 10.1. The van der Waals surface area contributed by atoms with E-state index in [0.717, 1.165) is 0 Å². The van der Waals surface area contributed by atoms with Crippen molar-refractivity contribution < 1.29 is 9.71 Å². The smallest absolute Gasteiger partial charge is 0.273 e. The number of nitrogens with zero attached hydrogens (tertiary/aromatic N) is 3. The third-order valence-electron chi connectivity index (χ3n) is 1.81. The molecule has 72 valence electrons. The van der Waals surface area contributed by atoms with Crippen molar-refractivity contribution in [3.8, 4) is 0 Å². The molecule has 0 radical (unpaired) electrons. The molecule has 0 aliphatic rings. The van der Waals surface area contributed by atoms with Crippen molar-refractivity contribution in [2.45, 2.75) is 13.3 Å². The molecule has 0 fully saturated rings. The van der Waals surface area contributed by atoms with Gasteiger partial charge < -0.3 is 5.53 Å². The summed E-state index contributed by atoms with van der Waals surface area (Å²) in [6.07, 6.45) is 0.285. The van der Waals surface area contributed by atoms with Crippen molar-refractivity contribution >= 4 is 11.4 Å². The van der Waals surface area contributed by atoms with Crippen molar-refractivity contribution in [2.24, 2.45) is 0 Å². The van der Waals surface area contributed by atoms with Gasteiger partial charge in [-0.05, 0) is 0 Å².